The van der Waals surface area contributed by atoms with E-state index in [0.29, 0.717) is 48.4 Å². The van der Waals surface area contributed by atoms with Gasteiger partial charge in [-0.1, -0.05) is 11.6 Å². The van der Waals surface area contributed by atoms with Gasteiger partial charge in [-0.25, -0.2) is 0 Å². The van der Waals surface area contributed by atoms with E-state index in [4.69, 9.17) is 21.1 Å². The number of hydrogen-bond acceptors (Lipinski definition) is 4. The van der Waals surface area contributed by atoms with Crippen molar-refractivity contribution in [1.29, 1.82) is 0 Å². The molecule has 2 heterocycles. The number of amides is 1. The number of carbonyl (C=O) groups excluding carboxylic acids is 1. The third kappa shape index (κ3) is 3.39. The maximum absolute atomic E-state index is 12.2. The normalized spacial score (nSPS) is 13.0. The number of aryl methyl sites for hydroxylation is 1. The van der Waals surface area contributed by atoms with Gasteiger partial charge >= 0.3 is 0 Å². The van der Waals surface area contributed by atoms with Crippen molar-refractivity contribution in [2.75, 3.05) is 18.5 Å². The number of rotatable bonds is 4. The molecular weight excluding hydrogens is 342 g/mol. The molecule has 1 aliphatic rings. The van der Waals surface area contributed by atoms with E-state index in [0.717, 1.165) is 10.9 Å². The largest absolute Gasteiger partial charge is 0.486 e. The Balaban J connectivity index is 1.40. The third-order valence-corrected chi connectivity index (χ3v) is 4.22. The Morgan fingerprint density at radius 3 is 2.88 bits per heavy atom. The van der Waals surface area contributed by atoms with Crippen LogP contribution in [0.1, 0.15) is 6.42 Å². The van der Waals surface area contributed by atoms with Crippen LogP contribution in [-0.4, -0.2) is 28.9 Å². The molecule has 1 aliphatic heterocycles. The van der Waals surface area contributed by atoms with Crippen molar-refractivity contribution < 1.29 is 14.3 Å². The Kier molecular flexibility index (Phi) is 4.19. The zero-order valence-corrected chi connectivity index (χ0v) is 14.1. The van der Waals surface area contributed by atoms with E-state index in [-0.39, 0.29) is 5.91 Å². The lowest BCUT2D eigenvalue weighted by Gasteiger charge is -2.19. The predicted octanol–water partition coefficient (Wildman–Crippen LogP) is 3.49. The number of nitrogens with one attached hydrogen (secondary N) is 1. The van der Waals surface area contributed by atoms with E-state index in [1.165, 1.54) is 0 Å². The van der Waals surface area contributed by atoms with Gasteiger partial charge in [-0.15, -0.1) is 0 Å². The standard InChI is InChI=1S/C18H16ClN3O3/c19-13-1-3-15-12(9-13)11-20-22(15)6-5-18(23)21-14-2-4-16-17(10-14)25-8-7-24-16/h1-4,9-11H,5-8H2,(H,21,23). The summed E-state index contributed by atoms with van der Waals surface area (Å²) < 4.78 is 12.8. The van der Waals surface area contributed by atoms with Crippen LogP contribution in [-0.2, 0) is 11.3 Å². The van der Waals surface area contributed by atoms with Crippen molar-refractivity contribution in [3.05, 3.63) is 47.6 Å². The van der Waals surface area contributed by atoms with Gasteiger partial charge in [-0.3, -0.25) is 9.48 Å². The van der Waals surface area contributed by atoms with Gasteiger partial charge in [0.1, 0.15) is 13.2 Å². The molecule has 0 spiro atoms. The highest BCUT2D eigenvalue weighted by Crippen LogP contribution is 2.32. The Morgan fingerprint density at radius 2 is 2.00 bits per heavy atom. The Bertz CT molecular complexity index is 938. The highest BCUT2D eigenvalue weighted by atomic mass is 35.5. The van der Waals surface area contributed by atoms with E-state index in [2.05, 4.69) is 10.4 Å². The number of carbonyl (C=O) groups is 1. The molecule has 1 aromatic heterocycles. The number of aromatic nitrogens is 2. The fourth-order valence-electron chi connectivity index (χ4n) is 2.79. The summed E-state index contributed by atoms with van der Waals surface area (Å²) in [5, 5.41) is 8.82. The van der Waals surface area contributed by atoms with Crippen molar-refractivity contribution in [1.82, 2.24) is 9.78 Å². The molecule has 0 aliphatic carbocycles. The average Bonchev–Trinajstić information content (AvgIpc) is 3.02. The number of ether oxygens (including phenoxy) is 2. The second kappa shape index (κ2) is 6.64. The smallest absolute Gasteiger partial charge is 0.226 e. The van der Waals surface area contributed by atoms with E-state index in [1.54, 1.807) is 29.1 Å². The van der Waals surface area contributed by atoms with Crippen molar-refractivity contribution in [3.8, 4) is 11.5 Å². The molecule has 1 N–H and O–H groups in total. The number of anilines is 1. The SMILES string of the molecule is O=C(CCn1ncc2cc(Cl)ccc21)Nc1ccc2c(c1)OCCO2. The fraction of sp³-hybridized carbons (Fsp3) is 0.222. The second-order valence-corrected chi connectivity index (χ2v) is 6.16. The maximum atomic E-state index is 12.2. The molecule has 0 saturated carbocycles. The molecule has 7 heteroatoms. The predicted molar refractivity (Wildman–Crippen MR) is 95.4 cm³/mol. The fourth-order valence-corrected chi connectivity index (χ4v) is 2.97. The van der Waals surface area contributed by atoms with Gasteiger partial charge in [-0.2, -0.15) is 5.10 Å². The molecule has 0 radical (unpaired) electrons. The van der Waals surface area contributed by atoms with Crippen LogP contribution in [0.2, 0.25) is 5.02 Å². The van der Waals surface area contributed by atoms with Crippen LogP contribution < -0.4 is 14.8 Å². The van der Waals surface area contributed by atoms with E-state index in [1.807, 2.05) is 18.2 Å². The molecule has 0 saturated heterocycles. The van der Waals surface area contributed by atoms with Gasteiger partial charge in [0.25, 0.3) is 0 Å². The van der Waals surface area contributed by atoms with Crippen LogP contribution in [0.15, 0.2) is 42.6 Å². The van der Waals surface area contributed by atoms with Gasteiger partial charge in [0.05, 0.1) is 18.3 Å². The van der Waals surface area contributed by atoms with Crippen LogP contribution in [0.5, 0.6) is 11.5 Å². The molecule has 4 rings (SSSR count). The van der Waals surface area contributed by atoms with Gasteiger partial charge in [-0.05, 0) is 30.3 Å². The highest BCUT2D eigenvalue weighted by Gasteiger charge is 2.13. The number of fused-ring (bicyclic) bond motifs is 2. The van der Waals surface area contributed by atoms with Crippen LogP contribution in [0.4, 0.5) is 5.69 Å². The van der Waals surface area contributed by atoms with Gasteiger partial charge in [0.2, 0.25) is 5.91 Å². The van der Waals surface area contributed by atoms with Gasteiger partial charge in [0.15, 0.2) is 11.5 Å². The van der Waals surface area contributed by atoms with Crippen molar-refractivity contribution in [2.45, 2.75) is 13.0 Å². The second-order valence-electron chi connectivity index (χ2n) is 5.73. The minimum atomic E-state index is -0.0886. The first-order chi connectivity index (χ1) is 12.2. The molecule has 0 bridgehead atoms. The zero-order chi connectivity index (χ0) is 17.2. The molecule has 0 fully saturated rings. The number of hydrogen-bond donors (Lipinski definition) is 1. The Labute approximate surface area is 149 Å². The lowest BCUT2D eigenvalue weighted by Crippen LogP contribution is -2.17. The molecule has 1 amide bonds. The minimum Gasteiger partial charge on any atom is -0.486 e. The molecule has 0 unspecified atom stereocenters. The first kappa shape index (κ1) is 15.8. The molecule has 3 aromatic rings. The lowest BCUT2D eigenvalue weighted by molar-refractivity contribution is -0.116. The summed E-state index contributed by atoms with van der Waals surface area (Å²) in [6.07, 6.45) is 2.06. The Hall–Kier alpha value is -2.73. The van der Waals surface area contributed by atoms with Crippen LogP contribution in [0, 0.1) is 0 Å². The summed E-state index contributed by atoms with van der Waals surface area (Å²) in [7, 11) is 0. The topological polar surface area (TPSA) is 65.4 Å². The summed E-state index contributed by atoms with van der Waals surface area (Å²) in [4.78, 5) is 12.2. The Morgan fingerprint density at radius 1 is 1.16 bits per heavy atom. The van der Waals surface area contributed by atoms with Crippen molar-refractivity contribution in [3.63, 3.8) is 0 Å². The number of halogens is 1. The number of benzene rings is 2. The minimum absolute atomic E-state index is 0.0886. The first-order valence-electron chi connectivity index (χ1n) is 8.00. The maximum Gasteiger partial charge on any atom is 0.226 e. The molecule has 25 heavy (non-hydrogen) atoms. The van der Waals surface area contributed by atoms with Crippen molar-refractivity contribution >= 4 is 34.1 Å². The molecule has 0 atom stereocenters. The number of nitrogens with zero attached hydrogens (tertiary/aromatic N) is 2. The zero-order valence-electron chi connectivity index (χ0n) is 13.4. The van der Waals surface area contributed by atoms with Crippen LogP contribution in [0.25, 0.3) is 10.9 Å². The van der Waals surface area contributed by atoms with Gasteiger partial charge in [0, 0.05) is 28.6 Å². The van der Waals surface area contributed by atoms with E-state index in [9.17, 15) is 4.79 Å². The molecule has 6 nitrogen and oxygen atoms in total. The molecular formula is C18H16ClN3O3. The summed E-state index contributed by atoms with van der Waals surface area (Å²) in [5.41, 5.74) is 1.64. The summed E-state index contributed by atoms with van der Waals surface area (Å²) in [5.74, 6) is 1.26. The average molecular weight is 358 g/mol. The lowest BCUT2D eigenvalue weighted by atomic mass is 10.2. The molecule has 128 valence electrons. The van der Waals surface area contributed by atoms with E-state index < -0.39 is 0 Å². The first-order valence-corrected chi connectivity index (χ1v) is 8.37. The monoisotopic (exact) mass is 357 g/mol. The van der Waals surface area contributed by atoms with Crippen LogP contribution in [0.3, 0.4) is 0 Å². The summed E-state index contributed by atoms with van der Waals surface area (Å²) >= 11 is 5.98. The molecule has 2 aromatic carbocycles. The third-order valence-electron chi connectivity index (χ3n) is 3.98. The summed E-state index contributed by atoms with van der Waals surface area (Å²) in [6.45, 7) is 1.55. The van der Waals surface area contributed by atoms with E-state index >= 15 is 0 Å². The van der Waals surface area contributed by atoms with Gasteiger partial charge < -0.3 is 14.8 Å². The van der Waals surface area contributed by atoms with Crippen LogP contribution >= 0.6 is 11.6 Å². The van der Waals surface area contributed by atoms with Crippen molar-refractivity contribution in [2.24, 2.45) is 0 Å². The summed E-state index contributed by atoms with van der Waals surface area (Å²) in [6, 6.07) is 11.0. The quantitative estimate of drug-likeness (QED) is 0.776. The highest BCUT2D eigenvalue weighted by molar-refractivity contribution is 6.31.